The number of hydrogen-bond donors (Lipinski definition) is 2. The molecule has 1 unspecified atom stereocenters. The van der Waals surface area contributed by atoms with E-state index in [0.29, 0.717) is 6.42 Å². The van der Waals surface area contributed by atoms with Crippen molar-refractivity contribution >= 4 is 5.91 Å². The number of amides is 1. The van der Waals surface area contributed by atoms with Gasteiger partial charge in [0.1, 0.15) is 0 Å². The van der Waals surface area contributed by atoms with Crippen LogP contribution >= 0.6 is 0 Å². The second-order valence-electron chi connectivity index (χ2n) is 3.92. The van der Waals surface area contributed by atoms with Crippen molar-refractivity contribution in [2.75, 3.05) is 6.54 Å². The van der Waals surface area contributed by atoms with E-state index in [1.165, 1.54) is 0 Å². The van der Waals surface area contributed by atoms with Gasteiger partial charge in [0.05, 0.1) is 0 Å². The Bertz CT molecular complexity index is 165. The number of carbonyl (C=O) groups excluding carboxylic acids is 1. The van der Waals surface area contributed by atoms with Crippen molar-refractivity contribution in [1.82, 2.24) is 5.32 Å². The van der Waals surface area contributed by atoms with Crippen LogP contribution < -0.4 is 11.1 Å². The van der Waals surface area contributed by atoms with Crippen molar-refractivity contribution in [2.45, 2.75) is 32.7 Å². The maximum Gasteiger partial charge on any atom is 0.219 e. The van der Waals surface area contributed by atoms with E-state index in [9.17, 15) is 4.79 Å². The molecule has 1 heterocycles. The van der Waals surface area contributed by atoms with Gasteiger partial charge in [0.2, 0.25) is 5.91 Å². The lowest BCUT2D eigenvalue weighted by Crippen LogP contribution is -2.36. The zero-order chi connectivity index (χ0) is 8.48. The van der Waals surface area contributed by atoms with Crippen LogP contribution in [0, 0.1) is 5.41 Å². The number of nitrogens with two attached hydrogens (primary N) is 1. The Kier molecular flexibility index (Phi) is 2.18. The Labute approximate surface area is 67.3 Å². The molecule has 0 aromatic heterocycles. The molecule has 0 aliphatic carbocycles. The molecular formula is C8H16N2O. The summed E-state index contributed by atoms with van der Waals surface area (Å²) in [5.41, 5.74) is 5.35. The van der Waals surface area contributed by atoms with Crippen LogP contribution in [0.15, 0.2) is 0 Å². The molecule has 1 aliphatic heterocycles. The lowest BCUT2D eigenvalue weighted by Gasteiger charge is -2.25. The summed E-state index contributed by atoms with van der Waals surface area (Å²) in [5.74, 6) is -0.211. The fourth-order valence-corrected chi connectivity index (χ4v) is 1.57. The van der Waals surface area contributed by atoms with Gasteiger partial charge in [-0.2, -0.15) is 0 Å². The van der Waals surface area contributed by atoms with Crippen molar-refractivity contribution < 1.29 is 4.79 Å². The molecule has 1 amide bonds. The molecule has 1 rings (SSSR count). The number of nitrogens with one attached hydrogen (secondary N) is 1. The van der Waals surface area contributed by atoms with Crippen LogP contribution in [0.1, 0.15) is 26.7 Å². The van der Waals surface area contributed by atoms with Crippen LogP contribution in [0.25, 0.3) is 0 Å². The molecule has 1 atom stereocenters. The van der Waals surface area contributed by atoms with Crippen LogP contribution in [-0.2, 0) is 4.79 Å². The fraction of sp³-hybridized carbons (Fsp3) is 0.875. The minimum atomic E-state index is -0.211. The molecule has 11 heavy (non-hydrogen) atoms. The fourth-order valence-electron chi connectivity index (χ4n) is 1.57. The molecule has 0 aromatic carbocycles. The molecule has 0 bridgehead atoms. The number of hydrogen-bond acceptors (Lipinski definition) is 2. The van der Waals surface area contributed by atoms with E-state index in [1.807, 2.05) is 0 Å². The summed E-state index contributed by atoms with van der Waals surface area (Å²) in [4.78, 5) is 10.6. The predicted octanol–water partition coefficient (Wildman–Crippen LogP) is 0.250. The van der Waals surface area contributed by atoms with Gasteiger partial charge in [-0.05, 0) is 18.4 Å². The third kappa shape index (κ3) is 1.93. The average molecular weight is 156 g/mol. The van der Waals surface area contributed by atoms with Gasteiger partial charge in [-0.25, -0.2) is 0 Å². The SMILES string of the molecule is CC1(C)CCNC1CC(N)=O. The van der Waals surface area contributed by atoms with E-state index >= 15 is 0 Å². The van der Waals surface area contributed by atoms with Crippen molar-refractivity contribution in [3.05, 3.63) is 0 Å². The molecule has 0 spiro atoms. The minimum Gasteiger partial charge on any atom is -0.370 e. The van der Waals surface area contributed by atoms with Gasteiger partial charge in [0.25, 0.3) is 0 Å². The first-order chi connectivity index (χ1) is 5.02. The Morgan fingerprint density at radius 3 is 2.73 bits per heavy atom. The summed E-state index contributed by atoms with van der Waals surface area (Å²) in [7, 11) is 0. The van der Waals surface area contributed by atoms with Crippen LogP contribution in [0.3, 0.4) is 0 Å². The molecule has 0 aromatic rings. The monoisotopic (exact) mass is 156 g/mol. The lowest BCUT2D eigenvalue weighted by molar-refractivity contribution is -0.118. The van der Waals surface area contributed by atoms with Gasteiger partial charge in [-0.1, -0.05) is 13.8 Å². The van der Waals surface area contributed by atoms with Crippen LogP contribution in [-0.4, -0.2) is 18.5 Å². The average Bonchev–Trinajstić information content (AvgIpc) is 2.10. The Morgan fingerprint density at radius 2 is 2.36 bits per heavy atom. The van der Waals surface area contributed by atoms with Gasteiger partial charge >= 0.3 is 0 Å². The molecular weight excluding hydrogens is 140 g/mol. The van der Waals surface area contributed by atoms with E-state index in [1.54, 1.807) is 0 Å². The second-order valence-corrected chi connectivity index (χ2v) is 3.92. The van der Waals surface area contributed by atoms with Gasteiger partial charge in [0, 0.05) is 12.5 Å². The van der Waals surface area contributed by atoms with Gasteiger partial charge < -0.3 is 11.1 Å². The highest BCUT2D eigenvalue weighted by Gasteiger charge is 2.34. The van der Waals surface area contributed by atoms with Crippen molar-refractivity contribution in [1.29, 1.82) is 0 Å². The molecule has 1 saturated heterocycles. The molecule has 1 aliphatic rings. The summed E-state index contributed by atoms with van der Waals surface area (Å²) in [5, 5.41) is 3.28. The normalized spacial score (nSPS) is 28.7. The Morgan fingerprint density at radius 1 is 1.73 bits per heavy atom. The predicted molar refractivity (Wildman–Crippen MR) is 44.0 cm³/mol. The summed E-state index contributed by atoms with van der Waals surface area (Å²) in [6.45, 7) is 5.34. The quantitative estimate of drug-likeness (QED) is 0.602. The first-order valence-corrected chi connectivity index (χ1v) is 4.04. The Hall–Kier alpha value is -0.570. The minimum absolute atomic E-state index is 0.211. The van der Waals surface area contributed by atoms with E-state index in [-0.39, 0.29) is 17.4 Å². The highest BCUT2D eigenvalue weighted by atomic mass is 16.1. The summed E-state index contributed by atoms with van der Waals surface area (Å²) in [6, 6.07) is 0.278. The molecule has 0 saturated carbocycles. The number of carbonyl (C=O) groups is 1. The summed E-state index contributed by atoms with van der Waals surface area (Å²) < 4.78 is 0. The number of rotatable bonds is 2. The van der Waals surface area contributed by atoms with Crippen molar-refractivity contribution in [2.24, 2.45) is 11.1 Å². The second kappa shape index (κ2) is 2.81. The first-order valence-electron chi connectivity index (χ1n) is 4.04. The molecule has 0 radical (unpaired) electrons. The van der Waals surface area contributed by atoms with E-state index in [4.69, 9.17) is 5.73 Å². The lowest BCUT2D eigenvalue weighted by atomic mass is 9.83. The Balaban J connectivity index is 2.51. The van der Waals surface area contributed by atoms with Crippen LogP contribution in [0.2, 0.25) is 0 Å². The zero-order valence-electron chi connectivity index (χ0n) is 7.18. The van der Waals surface area contributed by atoms with Crippen LogP contribution in [0.5, 0.6) is 0 Å². The van der Waals surface area contributed by atoms with Crippen LogP contribution in [0.4, 0.5) is 0 Å². The maximum atomic E-state index is 10.6. The summed E-state index contributed by atoms with van der Waals surface area (Å²) >= 11 is 0. The molecule has 3 N–H and O–H groups in total. The van der Waals surface area contributed by atoms with Gasteiger partial charge in [0.15, 0.2) is 0 Å². The van der Waals surface area contributed by atoms with E-state index in [2.05, 4.69) is 19.2 Å². The smallest absolute Gasteiger partial charge is 0.219 e. The topological polar surface area (TPSA) is 55.1 Å². The molecule has 3 nitrogen and oxygen atoms in total. The largest absolute Gasteiger partial charge is 0.370 e. The highest BCUT2D eigenvalue weighted by Crippen LogP contribution is 2.31. The molecule has 3 heteroatoms. The zero-order valence-corrected chi connectivity index (χ0v) is 7.18. The molecule has 64 valence electrons. The first kappa shape index (κ1) is 8.53. The highest BCUT2D eigenvalue weighted by molar-refractivity contribution is 5.74. The number of primary amides is 1. The van der Waals surface area contributed by atoms with Gasteiger partial charge in [-0.3, -0.25) is 4.79 Å². The standard InChI is InChI=1S/C8H16N2O/c1-8(2)3-4-10-6(8)5-7(9)11/h6,10H,3-5H2,1-2H3,(H2,9,11). The van der Waals surface area contributed by atoms with Crippen molar-refractivity contribution in [3.63, 3.8) is 0 Å². The van der Waals surface area contributed by atoms with Gasteiger partial charge in [-0.15, -0.1) is 0 Å². The third-order valence-electron chi connectivity index (χ3n) is 2.51. The maximum absolute atomic E-state index is 10.6. The van der Waals surface area contributed by atoms with E-state index < -0.39 is 0 Å². The summed E-state index contributed by atoms with van der Waals surface area (Å²) in [6.07, 6.45) is 1.60. The van der Waals surface area contributed by atoms with E-state index in [0.717, 1.165) is 13.0 Å². The third-order valence-corrected chi connectivity index (χ3v) is 2.51. The molecule has 1 fully saturated rings. The van der Waals surface area contributed by atoms with Crippen molar-refractivity contribution in [3.8, 4) is 0 Å².